The van der Waals surface area contributed by atoms with Crippen molar-refractivity contribution in [2.75, 3.05) is 11.1 Å². The minimum absolute atomic E-state index is 0.117. The highest BCUT2D eigenvalue weighted by atomic mass is 32.2. The Morgan fingerprint density at radius 3 is 2.24 bits per heavy atom. The molecule has 4 nitrogen and oxygen atoms in total. The first kappa shape index (κ1) is 17.4. The zero-order chi connectivity index (χ0) is 17.5. The number of anilines is 1. The maximum Gasteiger partial charge on any atom is 0.238 e. The molecule has 0 saturated heterocycles. The summed E-state index contributed by atoms with van der Waals surface area (Å²) in [4.78, 5) is 12.9. The number of aromatic nitrogens is 2. The fourth-order valence-corrected chi connectivity index (χ4v) is 3.93. The molecule has 0 bridgehead atoms. The molecule has 1 aromatic heterocycles. The molecule has 0 saturated carbocycles. The standard InChI is InChI=1S/C19H17N3OS2/c1-2-13-24-19-22-21-18(25-19)20-17(23)16(14-9-5-3-6-10-14)15-11-7-4-8-12-15/h2-12,16H,1,13H2,(H,20,21,23). The molecule has 0 unspecified atom stereocenters. The van der Waals surface area contributed by atoms with Crippen LogP contribution in [0.25, 0.3) is 0 Å². The van der Waals surface area contributed by atoms with Crippen LogP contribution in [0.1, 0.15) is 17.0 Å². The van der Waals surface area contributed by atoms with Crippen LogP contribution in [0, 0.1) is 0 Å². The first-order chi connectivity index (χ1) is 12.3. The van der Waals surface area contributed by atoms with Crippen LogP contribution in [0.3, 0.4) is 0 Å². The van der Waals surface area contributed by atoms with Crippen molar-refractivity contribution in [3.05, 3.63) is 84.4 Å². The lowest BCUT2D eigenvalue weighted by atomic mass is 9.90. The lowest BCUT2D eigenvalue weighted by Crippen LogP contribution is -2.22. The number of carbonyl (C=O) groups is 1. The molecule has 0 atom stereocenters. The topological polar surface area (TPSA) is 54.9 Å². The van der Waals surface area contributed by atoms with Crippen LogP contribution in [0.5, 0.6) is 0 Å². The predicted molar refractivity (Wildman–Crippen MR) is 104 cm³/mol. The lowest BCUT2D eigenvalue weighted by Gasteiger charge is -2.16. The largest absolute Gasteiger partial charge is 0.300 e. The highest BCUT2D eigenvalue weighted by Gasteiger charge is 2.23. The Bertz CT molecular complexity index is 795. The van der Waals surface area contributed by atoms with Gasteiger partial charge in [0.1, 0.15) is 0 Å². The van der Waals surface area contributed by atoms with E-state index >= 15 is 0 Å². The average molecular weight is 367 g/mol. The van der Waals surface area contributed by atoms with Crippen molar-refractivity contribution in [1.82, 2.24) is 10.2 Å². The molecule has 6 heteroatoms. The Labute approximate surface area is 155 Å². The van der Waals surface area contributed by atoms with E-state index in [-0.39, 0.29) is 5.91 Å². The van der Waals surface area contributed by atoms with Gasteiger partial charge < -0.3 is 0 Å². The average Bonchev–Trinajstić information content (AvgIpc) is 3.09. The fourth-order valence-electron chi connectivity index (χ4n) is 2.41. The van der Waals surface area contributed by atoms with Crippen LogP contribution in [-0.2, 0) is 4.79 Å². The molecule has 0 aliphatic heterocycles. The molecule has 0 radical (unpaired) electrons. The molecule has 3 aromatic rings. The summed E-state index contributed by atoms with van der Waals surface area (Å²) in [5.74, 6) is 0.253. The number of hydrogen-bond acceptors (Lipinski definition) is 5. The molecule has 0 aliphatic carbocycles. The number of amides is 1. The number of nitrogens with one attached hydrogen (secondary N) is 1. The first-order valence-corrected chi connectivity index (χ1v) is 9.56. The van der Waals surface area contributed by atoms with E-state index in [1.54, 1.807) is 11.8 Å². The smallest absolute Gasteiger partial charge is 0.238 e. The van der Waals surface area contributed by atoms with Crippen molar-refractivity contribution in [3.8, 4) is 0 Å². The second kappa shape index (κ2) is 8.60. The van der Waals surface area contributed by atoms with Crippen molar-refractivity contribution < 1.29 is 4.79 Å². The molecule has 1 heterocycles. The van der Waals surface area contributed by atoms with Crippen LogP contribution in [0.15, 0.2) is 77.7 Å². The zero-order valence-corrected chi connectivity index (χ0v) is 15.1. The van der Waals surface area contributed by atoms with Gasteiger partial charge in [-0.2, -0.15) is 0 Å². The molecule has 126 valence electrons. The third kappa shape index (κ3) is 4.55. The quantitative estimate of drug-likeness (QED) is 0.377. The Kier molecular flexibility index (Phi) is 5.98. The number of thioether (sulfide) groups is 1. The van der Waals surface area contributed by atoms with Gasteiger partial charge in [-0.3, -0.25) is 10.1 Å². The van der Waals surface area contributed by atoms with E-state index in [2.05, 4.69) is 22.1 Å². The van der Waals surface area contributed by atoms with Gasteiger partial charge in [0.25, 0.3) is 0 Å². The van der Waals surface area contributed by atoms with Crippen molar-refractivity contribution in [3.63, 3.8) is 0 Å². The van der Waals surface area contributed by atoms with Crippen LogP contribution in [-0.4, -0.2) is 21.9 Å². The monoisotopic (exact) mass is 367 g/mol. The molecule has 0 aliphatic rings. The van der Waals surface area contributed by atoms with Gasteiger partial charge in [-0.1, -0.05) is 89.8 Å². The van der Waals surface area contributed by atoms with Crippen molar-refractivity contribution in [2.45, 2.75) is 10.3 Å². The summed E-state index contributed by atoms with van der Waals surface area (Å²) in [7, 11) is 0. The first-order valence-electron chi connectivity index (χ1n) is 7.76. The summed E-state index contributed by atoms with van der Waals surface area (Å²) in [5.41, 5.74) is 1.88. The number of rotatable bonds is 7. The highest BCUT2D eigenvalue weighted by molar-refractivity contribution is 8.01. The van der Waals surface area contributed by atoms with E-state index in [1.807, 2.05) is 66.7 Å². The summed E-state index contributed by atoms with van der Waals surface area (Å²) in [6.07, 6.45) is 1.81. The Hall–Kier alpha value is -2.44. The fraction of sp³-hybridized carbons (Fsp3) is 0.105. The van der Waals surface area contributed by atoms with Crippen LogP contribution < -0.4 is 5.32 Å². The highest BCUT2D eigenvalue weighted by Crippen LogP contribution is 2.29. The number of benzene rings is 2. The summed E-state index contributed by atoms with van der Waals surface area (Å²) >= 11 is 2.92. The van der Waals surface area contributed by atoms with Crippen molar-refractivity contribution in [2.24, 2.45) is 0 Å². The number of hydrogen-bond donors (Lipinski definition) is 1. The second-order valence-corrected chi connectivity index (χ2v) is 7.46. The number of carbonyl (C=O) groups excluding carboxylic acids is 1. The van der Waals surface area contributed by atoms with Crippen LogP contribution in [0.2, 0.25) is 0 Å². The number of nitrogens with zero attached hydrogens (tertiary/aromatic N) is 2. The van der Waals surface area contributed by atoms with E-state index in [4.69, 9.17) is 0 Å². The van der Waals surface area contributed by atoms with Gasteiger partial charge in [0.15, 0.2) is 4.34 Å². The normalized spacial score (nSPS) is 10.6. The summed E-state index contributed by atoms with van der Waals surface area (Å²) in [6, 6.07) is 19.5. The van der Waals surface area contributed by atoms with Gasteiger partial charge in [0.2, 0.25) is 11.0 Å². The maximum absolute atomic E-state index is 12.9. The van der Waals surface area contributed by atoms with E-state index in [1.165, 1.54) is 11.3 Å². The molecule has 2 aromatic carbocycles. The van der Waals surface area contributed by atoms with Gasteiger partial charge in [-0.05, 0) is 11.1 Å². The van der Waals surface area contributed by atoms with E-state index in [9.17, 15) is 4.79 Å². The molecule has 1 N–H and O–H groups in total. The van der Waals surface area contributed by atoms with Gasteiger partial charge in [0.05, 0.1) is 5.92 Å². The van der Waals surface area contributed by atoms with Gasteiger partial charge in [-0.15, -0.1) is 16.8 Å². The third-order valence-electron chi connectivity index (χ3n) is 3.49. The van der Waals surface area contributed by atoms with Gasteiger partial charge in [0, 0.05) is 5.75 Å². The zero-order valence-electron chi connectivity index (χ0n) is 13.5. The molecule has 3 rings (SSSR count). The van der Waals surface area contributed by atoms with Crippen molar-refractivity contribution in [1.29, 1.82) is 0 Å². The van der Waals surface area contributed by atoms with E-state index in [0.717, 1.165) is 21.2 Å². The summed E-state index contributed by atoms with van der Waals surface area (Å²) in [6.45, 7) is 3.69. The SMILES string of the molecule is C=CCSc1nnc(NC(=O)C(c2ccccc2)c2ccccc2)s1. The van der Waals surface area contributed by atoms with Crippen LogP contribution >= 0.6 is 23.1 Å². The Morgan fingerprint density at radius 1 is 1.08 bits per heavy atom. The minimum Gasteiger partial charge on any atom is -0.300 e. The predicted octanol–water partition coefficient (Wildman–Crippen LogP) is 4.59. The van der Waals surface area contributed by atoms with E-state index < -0.39 is 5.92 Å². The maximum atomic E-state index is 12.9. The second-order valence-electron chi connectivity index (χ2n) is 5.22. The molecule has 1 amide bonds. The lowest BCUT2D eigenvalue weighted by molar-refractivity contribution is -0.116. The Balaban J connectivity index is 1.82. The van der Waals surface area contributed by atoms with Crippen LogP contribution in [0.4, 0.5) is 5.13 Å². The summed E-state index contributed by atoms with van der Waals surface area (Å²) < 4.78 is 0.811. The van der Waals surface area contributed by atoms with Gasteiger partial charge >= 0.3 is 0 Å². The molecular weight excluding hydrogens is 350 g/mol. The molecular formula is C19H17N3OS2. The van der Waals surface area contributed by atoms with Gasteiger partial charge in [-0.25, -0.2) is 0 Å². The minimum atomic E-state index is -0.393. The summed E-state index contributed by atoms with van der Waals surface area (Å²) in [5, 5.41) is 11.6. The molecule has 0 spiro atoms. The third-order valence-corrected chi connectivity index (χ3v) is 5.46. The Morgan fingerprint density at radius 2 is 1.68 bits per heavy atom. The van der Waals surface area contributed by atoms with E-state index in [0.29, 0.717) is 5.13 Å². The molecule has 25 heavy (non-hydrogen) atoms. The van der Waals surface area contributed by atoms with Crippen molar-refractivity contribution >= 4 is 34.1 Å². The molecule has 0 fully saturated rings.